The summed E-state index contributed by atoms with van der Waals surface area (Å²) in [6.07, 6.45) is 0. The summed E-state index contributed by atoms with van der Waals surface area (Å²) in [7, 11) is 0. The molecule has 0 spiro atoms. The Bertz CT molecular complexity index is 693. The van der Waals surface area contributed by atoms with Crippen LogP contribution < -0.4 is 5.73 Å². The number of nitrogens with zero attached hydrogens (tertiary/aromatic N) is 1. The lowest BCUT2D eigenvalue weighted by Crippen LogP contribution is -2.01. The molecule has 0 saturated heterocycles. The van der Waals surface area contributed by atoms with Crippen LogP contribution in [0.4, 0.5) is 0 Å². The van der Waals surface area contributed by atoms with Gasteiger partial charge >= 0.3 is 0 Å². The average molecular weight is 269 g/mol. The van der Waals surface area contributed by atoms with Crippen LogP contribution >= 0.6 is 0 Å². The molecule has 0 aliphatic carbocycles. The van der Waals surface area contributed by atoms with E-state index in [-0.39, 0.29) is 6.61 Å². The number of hydrogen-bond acceptors (Lipinski definition) is 3. The molecule has 0 saturated carbocycles. The number of nitrogens with two attached hydrogens (primary N) is 1. The molecule has 1 aromatic heterocycles. The first kappa shape index (κ1) is 14.3. The molecule has 0 aliphatic rings. The minimum Gasteiger partial charge on any atom is -0.392 e. The molecular formula is C16H19N3O. The van der Waals surface area contributed by atoms with Gasteiger partial charge < -0.3 is 15.8 Å². The molecule has 0 aliphatic heterocycles. The predicted octanol–water partition coefficient (Wildman–Crippen LogP) is 2.43. The molecule has 1 aromatic carbocycles. The highest BCUT2D eigenvalue weighted by Gasteiger charge is 2.19. The van der Waals surface area contributed by atoms with Crippen molar-refractivity contribution in [2.45, 2.75) is 33.9 Å². The number of aryl methyl sites for hydroxylation is 1. The standard InChI is InChI=1S/C16H19N3O/c1-9-4-5-12(11(3)10(9)2)16-13(8-20)14(6-17)19-15(16)7-18/h4-5,19-20H,7-8,18H2,1-3H3. The summed E-state index contributed by atoms with van der Waals surface area (Å²) in [5.74, 6) is 0. The van der Waals surface area contributed by atoms with Gasteiger partial charge in [-0.15, -0.1) is 0 Å². The van der Waals surface area contributed by atoms with E-state index in [4.69, 9.17) is 11.0 Å². The molecule has 1 heterocycles. The van der Waals surface area contributed by atoms with E-state index in [2.05, 4.69) is 37.9 Å². The van der Waals surface area contributed by atoms with E-state index in [1.807, 2.05) is 6.07 Å². The Morgan fingerprint density at radius 3 is 2.50 bits per heavy atom. The van der Waals surface area contributed by atoms with Crippen molar-refractivity contribution >= 4 is 0 Å². The summed E-state index contributed by atoms with van der Waals surface area (Å²) >= 11 is 0. The van der Waals surface area contributed by atoms with Crippen LogP contribution in [0, 0.1) is 32.1 Å². The van der Waals surface area contributed by atoms with E-state index < -0.39 is 0 Å². The number of aromatic nitrogens is 1. The second-order valence-corrected chi connectivity index (χ2v) is 4.99. The lowest BCUT2D eigenvalue weighted by Gasteiger charge is -2.13. The van der Waals surface area contributed by atoms with Crippen LogP contribution in [0.1, 0.15) is 33.6 Å². The van der Waals surface area contributed by atoms with Crippen molar-refractivity contribution in [2.24, 2.45) is 5.73 Å². The molecule has 0 unspecified atom stereocenters. The fraction of sp³-hybridized carbons (Fsp3) is 0.312. The Balaban J connectivity index is 2.79. The van der Waals surface area contributed by atoms with Crippen LogP contribution in [-0.4, -0.2) is 10.1 Å². The topological polar surface area (TPSA) is 85.8 Å². The molecule has 0 atom stereocenters. The Labute approximate surface area is 118 Å². The summed E-state index contributed by atoms with van der Waals surface area (Å²) in [4.78, 5) is 3.01. The molecule has 104 valence electrons. The number of benzene rings is 1. The van der Waals surface area contributed by atoms with E-state index >= 15 is 0 Å². The van der Waals surface area contributed by atoms with Gasteiger partial charge in [0.2, 0.25) is 0 Å². The fourth-order valence-corrected chi connectivity index (χ4v) is 2.55. The Morgan fingerprint density at radius 1 is 1.25 bits per heavy atom. The van der Waals surface area contributed by atoms with Crippen molar-refractivity contribution in [1.82, 2.24) is 4.98 Å². The lowest BCUT2D eigenvalue weighted by atomic mass is 9.91. The van der Waals surface area contributed by atoms with Crippen molar-refractivity contribution in [3.63, 3.8) is 0 Å². The van der Waals surface area contributed by atoms with Crippen LogP contribution in [0.3, 0.4) is 0 Å². The molecule has 0 radical (unpaired) electrons. The van der Waals surface area contributed by atoms with Crippen molar-refractivity contribution in [3.05, 3.63) is 45.8 Å². The molecule has 2 rings (SSSR count). The van der Waals surface area contributed by atoms with E-state index in [9.17, 15) is 5.11 Å². The first-order valence-corrected chi connectivity index (χ1v) is 6.57. The van der Waals surface area contributed by atoms with Gasteiger partial charge in [-0.3, -0.25) is 0 Å². The summed E-state index contributed by atoms with van der Waals surface area (Å²) in [6, 6.07) is 6.17. The van der Waals surface area contributed by atoms with Gasteiger partial charge in [0.15, 0.2) is 0 Å². The Kier molecular flexibility index (Phi) is 3.93. The molecule has 2 aromatic rings. The van der Waals surface area contributed by atoms with E-state index in [0.717, 1.165) is 22.4 Å². The van der Waals surface area contributed by atoms with Gasteiger partial charge in [-0.2, -0.15) is 5.26 Å². The third-order valence-electron chi connectivity index (χ3n) is 3.98. The quantitative estimate of drug-likeness (QED) is 0.800. The summed E-state index contributed by atoms with van der Waals surface area (Å²) in [5.41, 5.74) is 13.1. The van der Waals surface area contributed by atoms with Gasteiger partial charge in [-0.1, -0.05) is 12.1 Å². The lowest BCUT2D eigenvalue weighted by molar-refractivity contribution is 0.282. The predicted molar refractivity (Wildman–Crippen MR) is 79.0 cm³/mol. The van der Waals surface area contributed by atoms with Crippen molar-refractivity contribution in [2.75, 3.05) is 0 Å². The zero-order valence-corrected chi connectivity index (χ0v) is 12.0. The molecule has 0 fully saturated rings. The zero-order valence-electron chi connectivity index (χ0n) is 12.0. The van der Waals surface area contributed by atoms with Crippen molar-refractivity contribution in [1.29, 1.82) is 5.26 Å². The van der Waals surface area contributed by atoms with Crippen LogP contribution in [-0.2, 0) is 13.2 Å². The first-order valence-electron chi connectivity index (χ1n) is 6.57. The Hall–Kier alpha value is -2.09. The number of nitriles is 1. The van der Waals surface area contributed by atoms with Crippen molar-refractivity contribution < 1.29 is 5.11 Å². The Morgan fingerprint density at radius 2 is 1.95 bits per heavy atom. The number of aliphatic hydroxyl groups excluding tert-OH is 1. The maximum absolute atomic E-state index is 9.60. The molecule has 4 heteroatoms. The largest absolute Gasteiger partial charge is 0.392 e. The highest BCUT2D eigenvalue weighted by Crippen LogP contribution is 2.34. The highest BCUT2D eigenvalue weighted by atomic mass is 16.3. The van der Waals surface area contributed by atoms with Gasteiger partial charge in [0.1, 0.15) is 11.8 Å². The normalized spacial score (nSPS) is 10.6. The third-order valence-corrected chi connectivity index (χ3v) is 3.98. The van der Waals surface area contributed by atoms with Gasteiger partial charge in [0, 0.05) is 23.4 Å². The molecule has 4 nitrogen and oxygen atoms in total. The third kappa shape index (κ3) is 2.11. The number of aromatic amines is 1. The van der Waals surface area contributed by atoms with Gasteiger partial charge in [-0.25, -0.2) is 0 Å². The molecule has 0 bridgehead atoms. The molecular weight excluding hydrogens is 250 g/mol. The van der Waals surface area contributed by atoms with Crippen LogP contribution in [0.15, 0.2) is 12.1 Å². The molecule has 0 amide bonds. The van der Waals surface area contributed by atoms with Gasteiger partial charge in [-0.05, 0) is 43.0 Å². The van der Waals surface area contributed by atoms with E-state index in [1.165, 1.54) is 11.1 Å². The smallest absolute Gasteiger partial charge is 0.124 e. The second-order valence-electron chi connectivity index (χ2n) is 4.99. The second kappa shape index (κ2) is 5.49. The SMILES string of the molecule is Cc1ccc(-c2c(CN)[nH]c(C#N)c2CO)c(C)c1C. The van der Waals surface area contributed by atoms with Crippen LogP contribution in [0.5, 0.6) is 0 Å². The van der Waals surface area contributed by atoms with Gasteiger partial charge in [0.25, 0.3) is 0 Å². The molecule has 20 heavy (non-hydrogen) atoms. The minimum absolute atomic E-state index is 0.179. The zero-order chi connectivity index (χ0) is 14.9. The number of rotatable bonds is 3. The minimum atomic E-state index is -0.179. The number of H-pyrrole nitrogens is 1. The van der Waals surface area contributed by atoms with Crippen LogP contribution in [0.2, 0.25) is 0 Å². The first-order chi connectivity index (χ1) is 9.54. The monoisotopic (exact) mass is 269 g/mol. The summed E-state index contributed by atoms with van der Waals surface area (Å²) < 4.78 is 0. The summed E-state index contributed by atoms with van der Waals surface area (Å²) in [6.45, 7) is 6.32. The summed E-state index contributed by atoms with van der Waals surface area (Å²) in [5, 5.41) is 18.8. The van der Waals surface area contributed by atoms with Crippen molar-refractivity contribution in [3.8, 4) is 17.2 Å². The van der Waals surface area contributed by atoms with E-state index in [0.29, 0.717) is 17.8 Å². The number of aliphatic hydroxyl groups is 1. The fourth-order valence-electron chi connectivity index (χ4n) is 2.55. The number of nitrogens with one attached hydrogen (secondary N) is 1. The average Bonchev–Trinajstić information content (AvgIpc) is 2.82. The van der Waals surface area contributed by atoms with Crippen LogP contribution in [0.25, 0.3) is 11.1 Å². The highest BCUT2D eigenvalue weighted by molar-refractivity contribution is 5.76. The maximum Gasteiger partial charge on any atom is 0.124 e. The van der Waals surface area contributed by atoms with Gasteiger partial charge in [0.05, 0.1) is 6.61 Å². The maximum atomic E-state index is 9.60. The van der Waals surface area contributed by atoms with E-state index in [1.54, 1.807) is 0 Å². The molecule has 4 N–H and O–H groups in total. The number of hydrogen-bond donors (Lipinski definition) is 3.